The van der Waals surface area contributed by atoms with Crippen molar-refractivity contribution in [3.63, 3.8) is 0 Å². The van der Waals surface area contributed by atoms with Crippen molar-refractivity contribution in [2.75, 3.05) is 37.8 Å². The van der Waals surface area contributed by atoms with Gasteiger partial charge in [0, 0.05) is 70.1 Å². The highest BCUT2D eigenvalue weighted by molar-refractivity contribution is 5.94. The van der Waals surface area contributed by atoms with Gasteiger partial charge in [0.1, 0.15) is 5.82 Å². The number of aryl methyl sites for hydroxylation is 1. The van der Waals surface area contributed by atoms with Gasteiger partial charge in [-0.1, -0.05) is 59.9 Å². The molecule has 8 nitrogen and oxygen atoms in total. The molecule has 0 bridgehead atoms. The van der Waals surface area contributed by atoms with Crippen LogP contribution in [0.2, 0.25) is 0 Å². The minimum atomic E-state index is -0.308. The molecule has 0 fully saturated rings. The molecule has 0 saturated heterocycles. The first kappa shape index (κ1) is 34.8. The third kappa shape index (κ3) is 8.42. The Bertz CT molecular complexity index is 1890. The second-order valence-electron chi connectivity index (χ2n) is 12.5. The number of hydrogen-bond acceptors (Lipinski definition) is 6. The summed E-state index contributed by atoms with van der Waals surface area (Å²) >= 11 is 0. The van der Waals surface area contributed by atoms with Gasteiger partial charge < -0.3 is 20.5 Å². The van der Waals surface area contributed by atoms with Crippen LogP contribution in [0.3, 0.4) is 0 Å². The normalized spacial score (nSPS) is 11.7. The molecule has 5 rings (SSSR count). The molecule has 0 amide bonds. The molecule has 0 unspecified atom stereocenters. The Morgan fingerprint density at radius 1 is 1.00 bits per heavy atom. The van der Waals surface area contributed by atoms with Gasteiger partial charge in [0.2, 0.25) is 0 Å². The number of likely N-dealkylation sites (N-methyl/N-ethyl adjacent to an activating group) is 1. The minimum Gasteiger partial charge on any atom is -0.384 e. The predicted molar refractivity (Wildman–Crippen MR) is 196 cm³/mol. The predicted octanol–water partition coefficient (Wildman–Crippen LogP) is 9.05. The van der Waals surface area contributed by atoms with Crippen molar-refractivity contribution in [3.05, 3.63) is 109 Å². The number of pyridine rings is 2. The third-order valence-electron chi connectivity index (χ3n) is 7.64. The molecule has 246 valence electrons. The van der Waals surface area contributed by atoms with Gasteiger partial charge in [-0.05, 0) is 68.6 Å². The number of H-pyrrole nitrogens is 2. The smallest absolute Gasteiger partial charge is 0.181 e. The Balaban J connectivity index is 0.00000245. The number of aromatic nitrogens is 5. The molecule has 4 aromatic heterocycles. The van der Waals surface area contributed by atoms with Gasteiger partial charge in [-0.2, -0.15) is 5.10 Å². The number of benzene rings is 1. The summed E-state index contributed by atoms with van der Waals surface area (Å²) < 4.78 is 14.8. The zero-order valence-corrected chi connectivity index (χ0v) is 28.8. The van der Waals surface area contributed by atoms with Crippen LogP contribution in [-0.4, -0.2) is 57.2 Å². The summed E-state index contributed by atoms with van der Waals surface area (Å²) in [5.41, 5.74) is 9.96. The number of anilines is 2. The molecule has 5 aromatic rings. The van der Waals surface area contributed by atoms with E-state index in [0.717, 1.165) is 73.9 Å². The van der Waals surface area contributed by atoms with E-state index < -0.39 is 0 Å². The first-order valence-electron chi connectivity index (χ1n) is 15.9. The number of nitrogens with zero attached hydrogens (tertiary/aromatic N) is 4. The molecule has 1 aromatic carbocycles. The number of hydrogen-bond donors (Lipinski definition) is 4. The van der Waals surface area contributed by atoms with E-state index in [1.807, 2.05) is 59.3 Å². The second-order valence-corrected chi connectivity index (χ2v) is 12.5. The van der Waals surface area contributed by atoms with Gasteiger partial charge >= 0.3 is 0 Å². The molecule has 0 aliphatic carbocycles. The Kier molecular flexibility index (Phi) is 11.2. The summed E-state index contributed by atoms with van der Waals surface area (Å²) in [6, 6.07) is 11.2. The third-order valence-corrected chi connectivity index (χ3v) is 7.64. The van der Waals surface area contributed by atoms with Crippen LogP contribution in [0, 0.1) is 18.2 Å². The molecule has 4 heterocycles. The lowest BCUT2D eigenvalue weighted by Gasteiger charge is -2.23. The van der Waals surface area contributed by atoms with E-state index in [4.69, 9.17) is 0 Å². The fourth-order valence-corrected chi connectivity index (χ4v) is 4.99. The zero-order valence-electron chi connectivity index (χ0n) is 28.8. The number of rotatable bonds is 11. The first-order valence-corrected chi connectivity index (χ1v) is 15.9. The van der Waals surface area contributed by atoms with E-state index in [1.165, 1.54) is 6.07 Å². The standard InChI is InChI=1S/C36H41FN8.C2H6/c1-9-10-30(24-13-27(37)17-28(14-24)39-11-12-45(7)8)31-18-33(41-22(31)2)34-32-16-26(20-40-35(32)44-43-34)25-15-29(21-38-19-25)42-23(3)36(4,5)6;1-2/h9-10,13-21,39,41-42H,1,3,11-12H2,2,4-8H3,(H,40,43,44);1-2H3/b30-10-;. The van der Waals surface area contributed by atoms with Gasteiger partial charge in [0.15, 0.2) is 5.65 Å². The minimum absolute atomic E-state index is 0.0876. The lowest BCUT2D eigenvalue weighted by Crippen LogP contribution is -2.20. The van der Waals surface area contributed by atoms with Crippen LogP contribution in [0.5, 0.6) is 0 Å². The van der Waals surface area contributed by atoms with Crippen LogP contribution in [0.15, 0.2) is 86.0 Å². The molecule has 0 atom stereocenters. The number of aromatic amines is 2. The molecular formula is C38H47FN8. The van der Waals surface area contributed by atoms with Crippen molar-refractivity contribution >= 4 is 28.0 Å². The highest BCUT2D eigenvalue weighted by Crippen LogP contribution is 2.35. The Hall–Kier alpha value is -5.02. The molecular weight excluding hydrogens is 587 g/mol. The Morgan fingerprint density at radius 3 is 2.45 bits per heavy atom. The van der Waals surface area contributed by atoms with Crippen molar-refractivity contribution in [1.82, 2.24) is 30.0 Å². The Morgan fingerprint density at radius 2 is 1.74 bits per heavy atom. The van der Waals surface area contributed by atoms with Gasteiger partial charge in [-0.25, -0.2) is 9.37 Å². The largest absolute Gasteiger partial charge is 0.384 e. The van der Waals surface area contributed by atoms with Crippen molar-refractivity contribution in [3.8, 4) is 22.5 Å². The SMILES string of the molecule is C=C/C=C(/c1cc(F)cc(NCCN(C)C)c1)c1cc(-c2[nH]nc3ncc(-c4cncc(NC(=C)C(C)(C)C)c4)cc23)[nH]c1C.CC. The van der Waals surface area contributed by atoms with Crippen LogP contribution < -0.4 is 10.6 Å². The van der Waals surface area contributed by atoms with E-state index >= 15 is 0 Å². The van der Waals surface area contributed by atoms with Crippen LogP contribution in [0.25, 0.3) is 39.1 Å². The van der Waals surface area contributed by atoms with E-state index in [9.17, 15) is 4.39 Å². The fraction of sp³-hybridized carbons (Fsp3) is 0.289. The van der Waals surface area contributed by atoms with Gasteiger partial charge in [-0.3, -0.25) is 10.1 Å². The summed E-state index contributed by atoms with van der Waals surface area (Å²) in [5, 5.41) is 15.2. The van der Waals surface area contributed by atoms with Crippen molar-refractivity contribution in [2.24, 2.45) is 5.41 Å². The highest BCUT2D eigenvalue weighted by atomic mass is 19.1. The summed E-state index contributed by atoms with van der Waals surface area (Å²) in [4.78, 5) is 14.7. The maximum absolute atomic E-state index is 14.8. The van der Waals surface area contributed by atoms with Crippen molar-refractivity contribution in [2.45, 2.75) is 41.5 Å². The lowest BCUT2D eigenvalue weighted by molar-refractivity contribution is 0.425. The average Bonchev–Trinajstić information content (AvgIpc) is 3.62. The molecule has 0 aliphatic rings. The van der Waals surface area contributed by atoms with Gasteiger partial charge in [-0.15, -0.1) is 0 Å². The van der Waals surface area contributed by atoms with Crippen LogP contribution in [0.1, 0.15) is 51.4 Å². The second kappa shape index (κ2) is 15.0. The summed E-state index contributed by atoms with van der Waals surface area (Å²) in [6.45, 7) is 22.0. The molecule has 4 N–H and O–H groups in total. The zero-order chi connectivity index (χ0) is 34.3. The molecule has 0 radical (unpaired) electrons. The molecule has 47 heavy (non-hydrogen) atoms. The monoisotopic (exact) mass is 634 g/mol. The summed E-state index contributed by atoms with van der Waals surface area (Å²) in [5.74, 6) is -0.308. The Labute approximate surface area is 277 Å². The van der Waals surface area contributed by atoms with E-state index in [0.29, 0.717) is 12.2 Å². The fourth-order valence-electron chi connectivity index (χ4n) is 4.99. The van der Waals surface area contributed by atoms with E-state index in [-0.39, 0.29) is 11.2 Å². The number of nitrogens with one attached hydrogen (secondary N) is 4. The van der Waals surface area contributed by atoms with Crippen LogP contribution in [0.4, 0.5) is 15.8 Å². The number of allylic oxidation sites excluding steroid dienone is 3. The van der Waals surface area contributed by atoms with Crippen LogP contribution >= 0.6 is 0 Å². The van der Waals surface area contributed by atoms with Crippen LogP contribution in [-0.2, 0) is 0 Å². The molecule has 9 heteroatoms. The first-order chi connectivity index (χ1) is 22.4. The van der Waals surface area contributed by atoms with Crippen molar-refractivity contribution in [1.29, 1.82) is 0 Å². The molecule has 0 saturated carbocycles. The van der Waals surface area contributed by atoms with E-state index in [1.54, 1.807) is 24.5 Å². The average molecular weight is 635 g/mol. The quantitative estimate of drug-likeness (QED) is 0.108. The maximum Gasteiger partial charge on any atom is 0.181 e. The highest BCUT2D eigenvalue weighted by Gasteiger charge is 2.18. The summed E-state index contributed by atoms with van der Waals surface area (Å²) in [7, 11) is 4.02. The van der Waals surface area contributed by atoms with Crippen molar-refractivity contribution < 1.29 is 4.39 Å². The van der Waals surface area contributed by atoms with E-state index in [2.05, 4.69) is 86.7 Å². The molecule has 0 aliphatic heterocycles. The number of halogens is 1. The molecule has 0 spiro atoms. The summed E-state index contributed by atoms with van der Waals surface area (Å²) in [6.07, 6.45) is 9.04. The van der Waals surface area contributed by atoms with Gasteiger partial charge in [0.05, 0.1) is 23.3 Å². The number of fused-ring (bicyclic) bond motifs is 1. The van der Waals surface area contributed by atoms with Gasteiger partial charge in [0.25, 0.3) is 0 Å². The lowest BCUT2D eigenvalue weighted by atomic mass is 9.93. The topological polar surface area (TPSA) is 97.6 Å². The maximum atomic E-state index is 14.8.